The number of fused-ring (bicyclic) bond motifs is 8. The second kappa shape index (κ2) is 28.7. The third kappa shape index (κ3) is 16.2. The van der Waals surface area contributed by atoms with Crippen molar-refractivity contribution in [2.45, 2.75) is 152 Å². The number of amidine groups is 2. The number of aliphatic imine (C=N–C) groups is 2. The second-order valence-electron chi connectivity index (χ2n) is 24.0. The molecule has 5 N–H and O–H groups in total. The van der Waals surface area contributed by atoms with Crippen LogP contribution in [0.3, 0.4) is 0 Å². The van der Waals surface area contributed by atoms with Crippen LogP contribution in [0.4, 0.5) is 0 Å². The summed E-state index contributed by atoms with van der Waals surface area (Å²) in [7, 11) is 0. The predicted octanol–water partition coefficient (Wildman–Crippen LogP) is 14.1. The minimum Gasteiger partial charge on any atom is -0.368 e. The van der Waals surface area contributed by atoms with Gasteiger partial charge in [0.2, 0.25) is 0 Å². The number of ether oxygens (including phenoxy) is 7. The van der Waals surface area contributed by atoms with Crippen molar-refractivity contribution in [1.82, 2.24) is 19.9 Å². The molecule has 83 heavy (non-hydrogen) atoms. The number of halogens is 1. The average Bonchev–Trinajstić information content (AvgIpc) is 3.87. The van der Waals surface area contributed by atoms with Crippen LogP contribution in [-0.4, -0.2) is 94.8 Å². The molecule has 1 fully saturated rings. The fraction of sp³-hybridized carbons (Fsp3) is 0.477. The van der Waals surface area contributed by atoms with E-state index >= 15 is 0 Å². The molecule has 5 aliphatic heterocycles. The standard InChI is InChI=1S/C24H24N4O3.C20H21BrN2O3.C4H3N2.C4H8O2.3C4H9.CH4.Sn/c1-23(2,3)13-29-16-5-7-21-18(11-16)24(14-30-22(25)28-24)17-10-15(4-6-20(17)31-21)19-12-26-8-9-27-19;1-19(2,3)10-24-13-5-7-17-15(9-13)20(11-25-18(22)23-20)14-8-12(21)4-6-16(14)26-17;1-2-6-4-3-5-1;5-4-2-1-3-6-4;3*1-3-4-2;;/h4-12H,13-14H2,1-3H3,(H2,25,28);4-9H,10-11H2,1-3H3,(H2,22,23);1-3H;4-5H,1-3H2;3*1,3-4H2,2H3;1H4;/t24-;20-;;;;;;;/m00......./s1. The van der Waals surface area contributed by atoms with Crippen molar-refractivity contribution in [3.05, 3.63) is 137 Å². The summed E-state index contributed by atoms with van der Waals surface area (Å²) in [6.07, 6.45) is 20.4. The zero-order chi connectivity index (χ0) is 58.5. The molecule has 446 valence electrons. The Morgan fingerprint density at radius 3 is 1.49 bits per heavy atom. The summed E-state index contributed by atoms with van der Waals surface area (Å²) in [6, 6.07) is 23.8. The molecule has 1 saturated heterocycles. The molecule has 16 nitrogen and oxygen atoms in total. The molecule has 0 bridgehead atoms. The van der Waals surface area contributed by atoms with Crippen molar-refractivity contribution < 1.29 is 38.3 Å². The largest absolute Gasteiger partial charge is 0.368 e. The minimum atomic E-state index is -2.27. The quantitative estimate of drug-likeness (QED) is 0.0816. The maximum absolute atomic E-state index is 8.51. The molecule has 0 aliphatic carbocycles. The van der Waals surface area contributed by atoms with Crippen LogP contribution in [0.15, 0.2) is 124 Å². The predicted molar refractivity (Wildman–Crippen MR) is 336 cm³/mol. The molecule has 2 aromatic heterocycles. The summed E-state index contributed by atoms with van der Waals surface area (Å²) in [6.45, 7) is 22.3. The van der Waals surface area contributed by atoms with Crippen LogP contribution in [0, 0.1) is 10.8 Å². The van der Waals surface area contributed by atoms with Crippen LogP contribution in [-0.2, 0) is 25.3 Å². The number of hydrogen-bond donors (Lipinski definition) is 3. The van der Waals surface area contributed by atoms with Crippen LogP contribution < -0.4 is 34.1 Å². The van der Waals surface area contributed by atoms with Crippen molar-refractivity contribution in [3.8, 4) is 45.8 Å². The smallest absolute Gasteiger partial charge is 0.154 e. The van der Waals surface area contributed by atoms with Crippen LogP contribution >= 0.6 is 15.9 Å². The number of nitrogens with two attached hydrogens (primary N) is 2. The first-order valence-corrected chi connectivity index (χ1v) is 37.2. The Morgan fingerprint density at radius 1 is 0.627 bits per heavy atom. The summed E-state index contributed by atoms with van der Waals surface area (Å²) in [4.78, 5) is 27.1. The molecule has 6 aromatic rings. The Balaban J connectivity index is 0.000000173. The Morgan fingerprint density at radius 2 is 1.10 bits per heavy atom. The van der Waals surface area contributed by atoms with E-state index in [1.807, 2.05) is 85.2 Å². The molecule has 4 aromatic carbocycles. The number of aromatic nitrogens is 4. The van der Waals surface area contributed by atoms with Gasteiger partial charge in [0, 0.05) is 57.7 Å². The van der Waals surface area contributed by atoms with Gasteiger partial charge in [0.15, 0.2) is 17.4 Å². The number of rotatable bonds is 15. The molecule has 7 heterocycles. The van der Waals surface area contributed by atoms with E-state index in [-0.39, 0.29) is 36.9 Å². The second-order valence-corrected chi connectivity index (χ2v) is 38.0. The summed E-state index contributed by atoms with van der Waals surface area (Å²) in [5.41, 5.74) is 15.7. The monoisotopic (exact) mass is 1310 g/mol. The van der Waals surface area contributed by atoms with Gasteiger partial charge in [-0.05, 0) is 90.0 Å². The molecule has 0 amide bonds. The molecule has 18 heteroatoms. The van der Waals surface area contributed by atoms with Gasteiger partial charge < -0.3 is 49.7 Å². The first-order chi connectivity index (χ1) is 39.3. The van der Waals surface area contributed by atoms with E-state index in [0.29, 0.717) is 31.3 Å². The first-order valence-electron chi connectivity index (χ1n) is 28.9. The van der Waals surface area contributed by atoms with E-state index in [4.69, 9.17) is 59.7 Å². The van der Waals surface area contributed by atoms with Crippen molar-refractivity contribution in [2.75, 3.05) is 33.0 Å². The number of aliphatic hydroxyl groups is 1. The summed E-state index contributed by atoms with van der Waals surface area (Å²) < 4.78 is 47.1. The van der Waals surface area contributed by atoms with Crippen LogP contribution in [0.2, 0.25) is 13.3 Å². The third-order valence-corrected chi connectivity index (χ3v) is 30.3. The number of nitrogens with zero attached hydrogens (tertiary/aromatic N) is 6. The van der Waals surface area contributed by atoms with Crippen molar-refractivity contribution in [2.24, 2.45) is 32.3 Å². The molecule has 5 aliphatic rings. The van der Waals surface area contributed by atoms with E-state index in [9.17, 15) is 0 Å². The van der Waals surface area contributed by atoms with Crippen LogP contribution in [0.5, 0.6) is 34.5 Å². The van der Waals surface area contributed by atoms with Crippen LogP contribution in [0.25, 0.3) is 11.3 Å². The number of hydrogen-bond acceptors (Lipinski definition) is 16. The van der Waals surface area contributed by atoms with Crippen LogP contribution in [0.1, 0.15) is 143 Å². The first kappa shape index (κ1) is 64.5. The van der Waals surface area contributed by atoms with Gasteiger partial charge >= 0.3 is 123 Å². The van der Waals surface area contributed by atoms with E-state index in [0.717, 1.165) is 80.4 Å². The zero-order valence-electron chi connectivity index (χ0n) is 49.3. The molecule has 0 saturated carbocycles. The van der Waals surface area contributed by atoms with Gasteiger partial charge in [-0.2, -0.15) is 0 Å². The Hall–Kier alpha value is -6.02. The molecule has 2 spiro atoms. The van der Waals surface area contributed by atoms with Crippen molar-refractivity contribution in [3.63, 3.8) is 0 Å². The van der Waals surface area contributed by atoms with Crippen molar-refractivity contribution in [1.29, 1.82) is 0 Å². The topological polar surface area (TPSA) is 213 Å². The summed E-state index contributed by atoms with van der Waals surface area (Å²) in [5, 5.41) is 8.51. The molecule has 3 atom stereocenters. The van der Waals surface area contributed by atoms with E-state index in [1.54, 1.807) is 18.6 Å². The van der Waals surface area contributed by atoms with E-state index < -0.39 is 35.7 Å². The maximum atomic E-state index is 8.51. The number of unbranched alkanes of at least 4 members (excludes halogenated alkanes) is 3. The van der Waals surface area contributed by atoms with Crippen molar-refractivity contribution >= 4 is 50.1 Å². The molecule has 11 rings (SSSR count). The van der Waals surface area contributed by atoms with Gasteiger partial charge in [-0.1, -0.05) is 64.9 Å². The number of aliphatic hydroxyl groups excluding tert-OH is 1. The van der Waals surface area contributed by atoms with Gasteiger partial charge in [-0.15, -0.1) is 0 Å². The Labute approximate surface area is 504 Å². The van der Waals surface area contributed by atoms with Gasteiger partial charge in [0.05, 0.1) is 25.1 Å². The zero-order valence-corrected chi connectivity index (χ0v) is 53.7. The normalized spacial score (nSPS) is 18.8. The van der Waals surface area contributed by atoms with Gasteiger partial charge in [-0.3, -0.25) is 9.97 Å². The number of benzene rings is 4. The fourth-order valence-corrected chi connectivity index (χ4v) is 26.0. The van der Waals surface area contributed by atoms with Gasteiger partial charge in [-0.25, -0.2) is 9.98 Å². The maximum Gasteiger partial charge on any atom is 0.154 e. The SMILES string of the molecule is C.CC(C)(C)COc1ccc2c(c1)[C@]1(COC(N)=N1)c1cc(-c3cnccn3)ccc1O2.CC(C)(C)COc1ccc2c(c1)[C@]1(COC(N)=N1)c1cc(Br)ccc1O2.CCC[CH2][Sn]([CH2]CCC)([CH2]CCC)[c]1cnccn1.OC1CCCO1. The molecular formula is C65H87BrN8O8Sn. The van der Waals surface area contributed by atoms with E-state index in [2.05, 4.69) is 104 Å². The summed E-state index contributed by atoms with van der Waals surface area (Å²) >= 11 is 1.27. The molecular weight excluding hydrogens is 1220 g/mol. The molecule has 0 radical (unpaired) electrons. The fourth-order valence-electron chi connectivity index (χ4n) is 10.5. The third-order valence-electron chi connectivity index (χ3n) is 14.7. The molecule has 1 unspecified atom stereocenters. The Bertz CT molecular complexity index is 3110. The Kier molecular flexibility index (Phi) is 22.3. The minimum absolute atomic E-state index is 0. The average molecular weight is 1310 g/mol. The van der Waals surface area contributed by atoms with Gasteiger partial charge in [0.25, 0.3) is 12.0 Å². The van der Waals surface area contributed by atoms with Gasteiger partial charge in [0.1, 0.15) is 47.7 Å². The van der Waals surface area contributed by atoms with E-state index in [1.165, 1.54) is 55.5 Å². The summed E-state index contributed by atoms with van der Waals surface area (Å²) in [5.74, 6) is 4.46.